The highest BCUT2D eigenvalue weighted by Crippen LogP contribution is 2.20. The van der Waals surface area contributed by atoms with E-state index in [9.17, 15) is 8.78 Å². The topological polar surface area (TPSA) is 21.3 Å². The second-order valence-electron chi connectivity index (χ2n) is 4.41. The van der Waals surface area contributed by atoms with E-state index in [1.54, 1.807) is 0 Å². The van der Waals surface area contributed by atoms with Gasteiger partial charge >= 0.3 is 0 Å². The van der Waals surface area contributed by atoms with Crippen LogP contribution in [0, 0.1) is 11.6 Å². The summed E-state index contributed by atoms with van der Waals surface area (Å²) >= 11 is 0. The van der Waals surface area contributed by atoms with E-state index in [1.165, 1.54) is 18.9 Å². The molecular weight excluding hydrogens is 224 g/mol. The molecule has 0 aliphatic heterocycles. The van der Waals surface area contributed by atoms with Crippen molar-refractivity contribution in [3.63, 3.8) is 0 Å². The molecule has 2 nitrogen and oxygen atoms in total. The lowest BCUT2D eigenvalue weighted by Crippen LogP contribution is -2.32. The Hall–Kier alpha value is -1.16. The van der Waals surface area contributed by atoms with E-state index < -0.39 is 11.6 Å². The van der Waals surface area contributed by atoms with Gasteiger partial charge in [0.15, 0.2) is 11.6 Å². The zero-order valence-corrected chi connectivity index (χ0v) is 9.88. The lowest BCUT2D eigenvalue weighted by Gasteiger charge is -2.18. The summed E-state index contributed by atoms with van der Waals surface area (Å²) in [4.78, 5) is 0. The average Bonchev–Trinajstić information content (AvgIpc) is 3.13. The Morgan fingerprint density at radius 3 is 2.71 bits per heavy atom. The standard InChI is InChI=1S/C13H17F2NO/c1-2-10(8-16-9-3-4-9)17-11-5-6-12(14)13(15)7-11/h5-7,9-10,16H,2-4,8H2,1H3. The lowest BCUT2D eigenvalue weighted by molar-refractivity contribution is 0.192. The molecule has 4 heteroatoms. The van der Waals surface area contributed by atoms with Gasteiger partial charge in [-0.15, -0.1) is 0 Å². The van der Waals surface area contributed by atoms with Gasteiger partial charge in [-0.2, -0.15) is 0 Å². The van der Waals surface area contributed by atoms with Gasteiger partial charge in [-0.25, -0.2) is 8.78 Å². The fourth-order valence-corrected chi connectivity index (χ4v) is 1.60. The smallest absolute Gasteiger partial charge is 0.162 e. The van der Waals surface area contributed by atoms with Crippen molar-refractivity contribution in [2.24, 2.45) is 0 Å². The number of benzene rings is 1. The Morgan fingerprint density at radius 1 is 1.35 bits per heavy atom. The largest absolute Gasteiger partial charge is 0.489 e. The van der Waals surface area contributed by atoms with Gasteiger partial charge in [-0.05, 0) is 31.4 Å². The van der Waals surface area contributed by atoms with Crippen LogP contribution in [0.4, 0.5) is 8.78 Å². The molecular formula is C13H17F2NO. The first-order chi connectivity index (χ1) is 8.19. The summed E-state index contributed by atoms with van der Waals surface area (Å²) in [5.74, 6) is -1.33. The minimum absolute atomic E-state index is 0.000427. The molecule has 17 heavy (non-hydrogen) atoms. The van der Waals surface area contributed by atoms with Crippen LogP contribution in [-0.2, 0) is 0 Å². The van der Waals surface area contributed by atoms with Crippen molar-refractivity contribution in [2.45, 2.75) is 38.3 Å². The van der Waals surface area contributed by atoms with Gasteiger partial charge in [0.25, 0.3) is 0 Å². The summed E-state index contributed by atoms with van der Waals surface area (Å²) in [6, 6.07) is 4.26. The molecule has 1 aromatic carbocycles. The Balaban J connectivity index is 1.89. The number of ether oxygens (including phenoxy) is 1. The molecule has 1 N–H and O–H groups in total. The van der Waals surface area contributed by atoms with E-state index >= 15 is 0 Å². The normalized spacial score (nSPS) is 16.9. The molecule has 0 aromatic heterocycles. The summed E-state index contributed by atoms with van der Waals surface area (Å²) in [7, 11) is 0. The van der Waals surface area contributed by atoms with Crippen LogP contribution < -0.4 is 10.1 Å². The number of halogens is 2. The van der Waals surface area contributed by atoms with Gasteiger partial charge in [0.1, 0.15) is 11.9 Å². The molecule has 1 unspecified atom stereocenters. The molecule has 1 aromatic rings. The van der Waals surface area contributed by atoms with E-state index in [-0.39, 0.29) is 6.10 Å². The van der Waals surface area contributed by atoms with Crippen LogP contribution in [0.15, 0.2) is 18.2 Å². The van der Waals surface area contributed by atoms with Crippen LogP contribution in [0.3, 0.4) is 0 Å². The van der Waals surface area contributed by atoms with Crippen molar-refractivity contribution in [3.05, 3.63) is 29.8 Å². The first-order valence-corrected chi connectivity index (χ1v) is 6.04. The van der Waals surface area contributed by atoms with Crippen molar-refractivity contribution in [1.82, 2.24) is 5.32 Å². The van der Waals surface area contributed by atoms with E-state index in [4.69, 9.17) is 4.74 Å². The van der Waals surface area contributed by atoms with Gasteiger partial charge in [0, 0.05) is 18.7 Å². The fraction of sp³-hybridized carbons (Fsp3) is 0.538. The maximum absolute atomic E-state index is 13.0. The Morgan fingerprint density at radius 2 is 2.12 bits per heavy atom. The molecule has 2 rings (SSSR count). The summed E-state index contributed by atoms with van der Waals surface area (Å²) in [6.45, 7) is 2.76. The summed E-state index contributed by atoms with van der Waals surface area (Å²) in [5.41, 5.74) is 0. The molecule has 1 aliphatic carbocycles. The van der Waals surface area contributed by atoms with Crippen LogP contribution in [0.1, 0.15) is 26.2 Å². The Kier molecular flexibility index (Phi) is 3.94. The maximum atomic E-state index is 13.0. The zero-order valence-electron chi connectivity index (χ0n) is 9.88. The highest BCUT2D eigenvalue weighted by molar-refractivity contribution is 5.23. The lowest BCUT2D eigenvalue weighted by atomic mass is 10.2. The molecule has 1 atom stereocenters. The van der Waals surface area contributed by atoms with E-state index in [0.29, 0.717) is 11.8 Å². The SMILES string of the molecule is CCC(CNC1CC1)Oc1ccc(F)c(F)c1. The number of rotatable bonds is 6. The third-order valence-electron chi connectivity index (χ3n) is 2.86. The molecule has 0 radical (unpaired) electrons. The van der Waals surface area contributed by atoms with Crippen LogP contribution >= 0.6 is 0 Å². The van der Waals surface area contributed by atoms with Crippen molar-refractivity contribution in [3.8, 4) is 5.75 Å². The first kappa shape index (κ1) is 12.3. The van der Waals surface area contributed by atoms with E-state index in [2.05, 4.69) is 5.32 Å². The molecule has 0 amide bonds. The molecule has 1 saturated carbocycles. The Labute approximate surface area is 100.0 Å². The van der Waals surface area contributed by atoms with Gasteiger partial charge in [-0.1, -0.05) is 6.92 Å². The molecule has 0 saturated heterocycles. The Bertz CT molecular complexity index is 380. The van der Waals surface area contributed by atoms with Crippen molar-refractivity contribution >= 4 is 0 Å². The van der Waals surface area contributed by atoms with Crippen LogP contribution in [0.5, 0.6) is 5.75 Å². The molecule has 0 heterocycles. The predicted octanol–water partition coefficient (Wildman–Crippen LogP) is 2.87. The number of hydrogen-bond acceptors (Lipinski definition) is 2. The van der Waals surface area contributed by atoms with Crippen molar-refractivity contribution < 1.29 is 13.5 Å². The molecule has 0 bridgehead atoms. The number of nitrogens with one attached hydrogen (secondary N) is 1. The van der Waals surface area contributed by atoms with Gasteiger partial charge in [0.05, 0.1) is 0 Å². The quantitative estimate of drug-likeness (QED) is 0.827. The summed E-state index contributed by atoms with van der Waals surface area (Å²) in [6.07, 6.45) is 3.28. The van der Waals surface area contributed by atoms with E-state index in [0.717, 1.165) is 25.1 Å². The molecule has 1 fully saturated rings. The minimum atomic E-state index is -0.868. The summed E-state index contributed by atoms with van der Waals surface area (Å²) in [5, 5.41) is 3.36. The minimum Gasteiger partial charge on any atom is -0.489 e. The third-order valence-corrected chi connectivity index (χ3v) is 2.86. The molecule has 1 aliphatic rings. The highest BCUT2D eigenvalue weighted by atomic mass is 19.2. The van der Waals surface area contributed by atoms with Crippen LogP contribution in [-0.4, -0.2) is 18.7 Å². The highest BCUT2D eigenvalue weighted by Gasteiger charge is 2.22. The fourth-order valence-electron chi connectivity index (χ4n) is 1.60. The van der Waals surface area contributed by atoms with Crippen molar-refractivity contribution in [1.29, 1.82) is 0 Å². The van der Waals surface area contributed by atoms with Gasteiger partial charge in [-0.3, -0.25) is 0 Å². The molecule has 0 spiro atoms. The van der Waals surface area contributed by atoms with Crippen LogP contribution in [0.25, 0.3) is 0 Å². The average molecular weight is 241 g/mol. The molecule has 94 valence electrons. The monoisotopic (exact) mass is 241 g/mol. The first-order valence-electron chi connectivity index (χ1n) is 6.04. The van der Waals surface area contributed by atoms with E-state index in [1.807, 2.05) is 6.92 Å². The van der Waals surface area contributed by atoms with Gasteiger partial charge < -0.3 is 10.1 Å². The van der Waals surface area contributed by atoms with Crippen LogP contribution in [0.2, 0.25) is 0 Å². The second-order valence-corrected chi connectivity index (χ2v) is 4.41. The number of hydrogen-bond donors (Lipinski definition) is 1. The predicted molar refractivity (Wildman–Crippen MR) is 62.1 cm³/mol. The zero-order chi connectivity index (χ0) is 12.3. The maximum Gasteiger partial charge on any atom is 0.162 e. The van der Waals surface area contributed by atoms with Gasteiger partial charge in [0.2, 0.25) is 0 Å². The second kappa shape index (κ2) is 5.45. The third kappa shape index (κ3) is 3.66. The van der Waals surface area contributed by atoms with Crippen molar-refractivity contribution in [2.75, 3.05) is 6.54 Å². The summed E-state index contributed by atoms with van der Waals surface area (Å²) < 4.78 is 31.3.